The summed E-state index contributed by atoms with van der Waals surface area (Å²) in [5.74, 6) is -1.73. The first-order valence-electron chi connectivity index (χ1n) is 13.9. The average molecular weight is 597 g/mol. The van der Waals surface area contributed by atoms with Crippen LogP contribution in [0.25, 0.3) is 21.8 Å². The molecule has 9 heteroatoms. The maximum absolute atomic E-state index is 13.9. The Labute approximate surface area is 250 Å². The summed E-state index contributed by atoms with van der Waals surface area (Å²) in [6.07, 6.45) is -4.31. The number of fused-ring (bicyclic) bond motifs is 2. The summed E-state index contributed by atoms with van der Waals surface area (Å²) in [5, 5.41) is 12.8. The van der Waals surface area contributed by atoms with Crippen molar-refractivity contribution in [3.05, 3.63) is 147 Å². The number of carbonyl (C=O) groups excluding carboxylic acids is 1. The standard InChI is InChI=1S/C35H27F3N2O4/c1-40-28-14-8-6-12-26(28)32(41)30(33(40)42)29(21-15-17-23(18-16-21)35(36,37)38)31-25(24-11-5-7-13-27(24)39-31)19-20-44-34(43)22-9-3-2-4-10-22/h2-18,29,39,41H,19-20H2,1H3. The molecule has 6 rings (SSSR count). The Morgan fingerprint density at radius 2 is 1.52 bits per heavy atom. The summed E-state index contributed by atoms with van der Waals surface area (Å²) in [4.78, 5) is 30.0. The van der Waals surface area contributed by atoms with Crippen molar-refractivity contribution < 1.29 is 27.8 Å². The fourth-order valence-electron chi connectivity index (χ4n) is 5.75. The zero-order valence-electron chi connectivity index (χ0n) is 23.6. The van der Waals surface area contributed by atoms with Crippen LogP contribution in [0.15, 0.2) is 108 Å². The lowest BCUT2D eigenvalue weighted by molar-refractivity contribution is -0.137. The van der Waals surface area contributed by atoms with E-state index in [1.807, 2.05) is 24.3 Å². The molecule has 2 aromatic heterocycles. The van der Waals surface area contributed by atoms with Crippen LogP contribution in [0.2, 0.25) is 0 Å². The van der Waals surface area contributed by atoms with E-state index in [0.29, 0.717) is 33.3 Å². The van der Waals surface area contributed by atoms with E-state index >= 15 is 0 Å². The Morgan fingerprint density at radius 1 is 0.886 bits per heavy atom. The van der Waals surface area contributed by atoms with Gasteiger partial charge in [0.15, 0.2) is 0 Å². The topological polar surface area (TPSA) is 84.3 Å². The van der Waals surface area contributed by atoms with Gasteiger partial charge in [-0.2, -0.15) is 13.2 Å². The molecule has 2 heterocycles. The number of hydrogen-bond acceptors (Lipinski definition) is 4. The molecule has 6 aromatic rings. The number of carbonyl (C=O) groups is 1. The molecule has 0 radical (unpaired) electrons. The third kappa shape index (κ3) is 5.21. The summed E-state index contributed by atoms with van der Waals surface area (Å²) in [7, 11) is 1.59. The Morgan fingerprint density at radius 3 is 2.23 bits per heavy atom. The van der Waals surface area contributed by atoms with E-state index in [1.54, 1.807) is 61.6 Å². The van der Waals surface area contributed by atoms with Crippen LogP contribution >= 0.6 is 0 Å². The molecule has 0 saturated carbocycles. The normalized spacial score (nSPS) is 12.5. The third-order valence-electron chi connectivity index (χ3n) is 7.90. The van der Waals surface area contributed by atoms with Crippen molar-refractivity contribution in [1.29, 1.82) is 0 Å². The van der Waals surface area contributed by atoms with E-state index in [-0.39, 0.29) is 24.3 Å². The van der Waals surface area contributed by atoms with Gasteiger partial charge < -0.3 is 19.4 Å². The van der Waals surface area contributed by atoms with E-state index in [1.165, 1.54) is 16.7 Å². The average Bonchev–Trinajstić information content (AvgIpc) is 3.40. The molecule has 0 saturated heterocycles. The number of rotatable bonds is 7. The van der Waals surface area contributed by atoms with Crippen LogP contribution in [0.3, 0.4) is 0 Å². The van der Waals surface area contributed by atoms with Crippen molar-refractivity contribution in [3.63, 3.8) is 0 Å². The highest BCUT2D eigenvalue weighted by Gasteiger charge is 2.33. The van der Waals surface area contributed by atoms with Gasteiger partial charge in [-0.3, -0.25) is 4.79 Å². The van der Waals surface area contributed by atoms with Crippen LogP contribution in [0.4, 0.5) is 13.2 Å². The lowest BCUT2D eigenvalue weighted by atomic mass is 9.84. The van der Waals surface area contributed by atoms with E-state index in [9.17, 15) is 27.9 Å². The predicted octanol–water partition coefficient (Wildman–Crippen LogP) is 7.32. The van der Waals surface area contributed by atoms with Crippen LogP contribution in [0.1, 0.15) is 44.2 Å². The van der Waals surface area contributed by atoms with E-state index in [2.05, 4.69) is 4.98 Å². The number of benzene rings is 4. The molecule has 6 nitrogen and oxygen atoms in total. The van der Waals surface area contributed by atoms with Crippen LogP contribution in [0, 0.1) is 0 Å². The zero-order chi connectivity index (χ0) is 31.0. The molecule has 1 atom stereocenters. The van der Waals surface area contributed by atoms with Crippen molar-refractivity contribution in [2.75, 3.05) is 6.61 Å². The molecule has 222 valence electrons. The molecule has 0 aliphatic heterocycles. The smallest absolute Gasteiger partial charge is 0.416 e. The number of aromatic amines is 1. The molecular weight excluding hydrogens is 569 g/mol. The number of hydrogen-bond donors (Lipinski definition) is 2. The van der Waals surface area contributed by atoms with Gasteiger partial charge >= 0.3 is 12.1 Å². The van der Waals surface area contributed by atoms with Gasteiger partial charge in [0.05, 0.1) is 34.7 Å². The summed E-state index contributed by atoms with van der Waals surface area (Å²) in [6.45, 7) is 0.00399. The van der Waals surface area contributed by atoms with Crippen molar-refractivity contribution in [3.8, 4) is 5.75 Å². The third-order valence-corrected chi connectivity index (χ3v) is 7.90. The predicted molar refractivity (Wildman–Crippen MR) is 162 cm³/mol. The van der Waals surface area contributed by atoms with Gasteiger partial charge in [0, 0.05) is 35.5 Å². The fraction of sp³-hybridized carbons (Fsp3) is 0.143. The van der Waals surface area contributed by atoms with Gasteiger partial charge in [0.1, 0.15) is 5.75 Å². The highest BCUT2D eigenvalue weighted by Crippen LogP contribution is 2.42. The first-order chi connectivity index (χ1) is 21.1. The number of aromatic hydroxyl groups is 1. The van der Waals surface area contributed by atoms with Gasteiger partial charge in [-0.1, -0.05) is 60.7 Å². The number of pyridine rings is 1. The van der Waals surface area contributed by atoms with E-state index in [4.69, 9.17) is 4.74 Å². The van der Waals surface area contributed by atoms with Crippen molar-refractivity contribution >= 4 is 27.8 Å². The maximum atomic E-state index is 13.9. The Hall–Kier alpha value is -5.31. The molecule has 44 heavy (non-hydrogen) atoms. The fourth-order valence-corrected chi connectivity index (χ4v) is 5.75. The molecule has 0 aliphatic carbocycles. The van der Waals surface area contributed by atoms with Gasteiger partial charge in [0.25, 0.3) is 5.56 Å². The van der Waals surface area contributed by atoms with Crippen molar-refractivity contribution in [1.82, 2.24) is 9.55 Å². The van der Waals surface area contributed by atoms with Crippen molar-refractivity contribution in [2.24, 2.45) is 7.05 Å². The van der Waals surface area contributed by atoms with Crippen LogP contribution < -0.4 is 5.56 Å². The van der Waals surface area contributed by atoms with Crippen LogP contribution in [-0.4, -0.2) is 27.2 Å². The minimum absolute atomic E-state index is 0.00399. The monoisotopic (exact) mass is 596 g/mol. The lowest BCUT2D eigenvalue weighted by Crippen LogP contribution is -2.25. The molecule has 0 amide bonds. The van der Waals surface area contributed by atoms with Gasteiger partial charge in [-0.05, 0) is 53.6 Å². The van der Waals surface area contributed by atoms with Crippen LogP contribution in [-0.2, 0) is 24.4 Å². The zero-order valence-corrected chi connectivity index (χ0v) is 23.6. The Kier molecular flexibility index (Phi) is 7.47. The number of aromatic nitrogens is 2. The summed E-state index contributed by atoms with van der Waals surface area (Å²) in [5.41, 5.74) is 1.90. The highest BCUT2D eigenvalue weighted by molar-refractivity contribution is 5.90. The number of para-hydroxylation sites is 2. The number of ether oxygens (including phenoxy) is 1. The second-order valence-electron chi connectivity index (χ2n) is 10.5. The molecule has 1 unspecified atom stereocenters. The lowest BCUT2D eigenvalue weighted by Gasteiger charge is -2.22. The van der Waals surface area contributed by atoms with E-state index in [0.717, 1.165) is 23.0 Å². The molecule has 0 spiro atoms. The second kappa shape index (κ2) is 11.4. The largest absolute Gasteiger partial charge is 0.507 e. The first kappa shape index (κ1) is 28.8. The van der Waals surface area contributed by atoms with Gasteiger partial charge in [-0.25, -0.2) is 4.79 Å². The molecule has 4 aromatic carbocycles. The first-order valence-corrected chi connectivity index (χ1v) is 13.9. The number of nitrogens with one attached hydrogen (secondary N) is 1. The number of nitrogens with zero attached hydrogens (tertiary/aromatic N) is 1. The summed E-state index contributed by atoms with van der Waals surface area (Å²) < 4.78 is 47.5. The van der Waals surface area contributed by atoms with Gasteiger partial charge in [-0.15, -0.1) is 0 Å². The molecule has 0 fully saturated rings. The Bertz CT molecular complexity index is 2050. The second-order valence-corrected chi connectivity index (χ2v) is 10.5. The number of halogens is 3. The van der Waals surface area contributed by atoms with E-state index < -0.39 is 29.2 Å². The number of H-pyrrole nitrogens is 1. The minimum Gasteiger partial charge on any atom is -0.507 e. The number of aryl methyl sites for hydroxylation is 1. The maximum Gasteiger partial charge on any atom is 0.416 e. The number of alkyl halides is 3. The molecular formula is C35H27F3N2O4. The molecule has 0 aliphatic rings. The summed E-state index contributed by atoms with van der Waals surface area (Å²) in [6, 6.07) is 27.4. The highest BCUT2D eigenvalue weighted by atomic mass is 19.4. The van der Waals surface area contributed by atoms with Gasteiger partial charge in [0.2, 0.25) is 0 Å². The SMILES string of the molecule is Cn1c(=O)c(C(c2ccc(C(F)(F)F)cc2)c2[nH]c3ccccc3c2CCOC(=O)c2ccccc2)c(O)c2ccccc21. The molecule has 0 bridgehead atoms. The van der Waals surface area contributed by atoms with Crippen LogP contribution in [0.5, 0.6) is 5.75 Å². The molecule has 2 N–H and O–H groups in total. The Balaban J connectivity index is 1.53. The summed E-state index contributed by atoms with van der Waals surface area (Å²) >= 11 is 0. The number of esters is 1. The quantitative estimate of drug-likeness (QED) is 0.189. The minimum atomic E-state index is -4.55. The van der Waals surface area contributed by atoms with Crippen molar-refractivity contribution in [2.45, 2.75) is 18.5 Å².